The van der Waals surface area contributed by atoms with Gasteiger partial charge in [-0.1, -0.05) is 90.2 Å². The summed E-state index contributed by atoms with van der Waals surface area (Å²) in [6.07, 6.45) is 1.89. The molecule has 2 aromatic heterocycles. The standard InChI is InChI=1S/C37H26I2N2O4S2/c1-2-44-36(43)31-32(24-11-4-3-5-12-24)40-37-41(33(31)29-16-9-17-46-29)35(42)30(47-37)20-22-18-27(38)34(28(39)19-22)45-21-25-14-8-13-23-10-6-7-15-26(23)25/h3-20,33H,2,21H2,1H3/b30-20-/t33-/m1/s1. The van der Waals surface area contributed by atoms with Crippen molar-refractivity contribution >= 4 is 96.4 Å². The maximum absolute atomic E-state index is 14.2. The second kappa shape index (κ2) is 13.9. The minimum Gasteiger partial charge on any atom is -0.487 e. The molecule has 1 aliphatic heterocycles. The lowest BCUT2D eigenvalue weighted by molar-refractivity contribution is -0.138. The van der Waals surface area contributed by atoms with Crippen LogP contribution in [0.2, 0.25) is 0 Å². The lowest BCUT2D eigenvalue weighted by Crippen LogP contribution is -2.39. The first kappa shape index (κ1) is 32.0. The number of carbonyl (C=O) groups is 1. The number of halogens is 2. The van der Waals surface area contributed by atoms with E-state index in [1.807, 2.05) is 78.2 Å². The van der Waals surface area contributed by atoms with Crippen LogP contribution in [0.25, 0.3) is 22.5 Å². The van der Waals surface area contributed by atoms with Crippen LogP contribution >= 0.6 is 67.9 Å². The molecule has 0 saturated heterocycles. The van der Waals surface area contributed by atoms with Crippen molar-refractivity contribution in [1.82, 2.24) is 4.57 Å². The van der Waals surface area contributed by atoms with Crippen LogP contribution < -0.4 is 19.6 Å². The lowest BCUT2D eigenvalue weighted by Gasteiger charge is -2.24. The molecule has 0 bridgehead atoms. The molecule has 0 N–H and O–H groups in total. The SMILES string of the molecule is CCOC(=O)C1=C(c2ccccc2)N=c2s/c(=C\c3cc(I)c(OCc4cccc5ccccc45)c(I)c3)c(=O)n2[C@@H]1c1cccs1. The molecule has 7 rings (SSSR count). The summed E-state index contributed by atoms with van der Waals surface area (Å²) >= 11 is 7.40. The van der Waals surface area contributed by atoms with Gasteiger partial charge in [-0.25, -0.2) is 9.79 Å². The van der Waals surface area contributed by atoms with Crippen molar-refractivity contribution in [1.29, 1.82) is 0 Å². The molecule has 0 amide bonds. The smallest absolute Gasteiger partial charge is 0.338 e. The van der Waals surface area contributed by atoms with Crippen LogP contribution in [-0.4, -0.2) is 17.1 Å². The number of thiazole rings is 1. The molecule has 4 aromatic carbocycles. The number of benzene rings is 4. The van der Waals surface area contributed by atoms with Crippen molar-refractivity contribution in [3.8, 4) is 5.75 Å². The number of hydrogen-bond donors (Lipinski definition) is 0. The zero-order valence-electron chi connectivity index (χ0n) is 25.0. The van der Waals surface area contributed by atoms with E-state index in [1.165, 1.54) is 33.4 Å². The molecule has 0 aliphatic carbocycles. The molecule has 0 radical (unpaired) electrons. The molecule has 6 nitrogen and oxygen atoms in total. The van der Waals surface area contributed by atoms with Gasteiger partial charge in [0.2, 0.25) is 0 Å². The van der Waals surface area contributed by atoms with Crippen molar-refractivity contribution in [2.45, 2.75) is 19.6 Å². The normalized spacial score (nSPS) is 14.6. The number of carbonyl (C=O) groups excluding carboxylic acids is 1. The minimum atomic E-state index is -0.659. The van der Waals surface area contributed by atoms with E-state index in [0.717, 1.165) is 34.5 Å². The van der Waals surface area contributed by atoms with Crippen molar-refractivity contribution in [3.05, 3.63) is 156 Å². The van der Waals surface area contributed by atoms with Gasteiger partial charge >= 0.3 is 5.97 Å². The molecule has 1 aliphatic rings. The molecule has 47 heavy (non-hydrogen) atoms. The van der Waals surface area contributed by atoms with E-state index in [9.17, 15) is 9.59 Å². The summed E-state index contributed by atoms with van der Waals surface area (Å²) in [5.41, 5.74) is 3.46. The summed E-state index contributed by atoms with van der Waals surface area (Å²) < 4.78 is 16.0. The zero-order valence-corrected chi connectivity index (χ0v) is 30.9. The summed E-state index contributed by atoms with van der Waals surface area (Å²) in [5, 5.41) is 4.31. The van der Waals surface area contributed by atoms with Crippen molar-refractivity contribution in [3.63, 3.8) is 0 Å². The van der Waals surface area contributed by atoms with Gasteiger partial charge in [-0.15, -0.1) is 11.3 Å². The number of esters is 1. The largest absolute Gasteiger partial charge is 0.487 e. The highest BCUT2D eigenvalue weighted by molar-refractivity contribution is 14.1. The molecule has 0 spiro atoms. The van der Waals surface area contributed by atoms with Crippen LogP contribution in [0.1, 0.15) is 34.5 Å². The van der Waals surface area contributed by atoms with Crippen LogP contribution in [-0.2, 0) is 16.1 Å². The fourth-order valence-electron chi connectivity index (χ4n) is 5.68. The van der Waals surface area contributed by atoms with Gasteiger partial charge < -0.3 is 9.47 Å². The Balaban J connectivity index is 1.30. The lowest BCUT2D eigenvalue weighted by atomic mass is 9.97. The Morgan fingerprint density at radius 2 is 1.70 bits per heavy atom. The van der Waals surface area contributed by atoms with Gasteiger partial charge in [0.15, 0.2) is 4.80 Å². The van der Waals surface area contributed by atoms with Gasteiger partial charge in [0.25, 0.3) is 5.56 Å². The maximum Gasteiger partial charge on any atom is 0.338 e. The maximum atomic E-state index is 14.2. The Morgan fingerprint density at radius 3 is 2.45 bits per heavy atom. The van der Waals surface area contributed by atoms with Crippen LogP contribution in [0.4, 0.5) is 0 Å². The highest BCUT2D eigenvalue weighted by atomic mass is 127. The molecular formula is C37H26I2N2O4S2. The molecule has 0 saturated carbocycles. The van der Waals surface area contributed by atoms with Crippen LogP contribution in [0.5, 0.6) is 5.75 Å². The van der Waals surface area contributed by atoms with Gasteiger partial charge in [0.1, 0.15) is 18.4 Å². The molecule has 10 heteroatoms. The van der Waals surface area contributed by atoms with Crippen molar-refractivity contribution in [2.24, 2.45) is 4.99 Å². The third-order valence-corrected chi connectivity index (χ3v) is 11.3. The molecule has 0 fully saturated rings. The average molecular weight is 881 g/mol. The third kappa shape index (κ3) is 6.35. The average Bonchev–Trinajstić information content (AvgIpc) is 3.72. The molecular weight excluding hydrogens is 854 g/mol. The highest BCUT2D eigenvalue weighted by Crippen LogP contribution is 2.37. The first-order valence-corrected chi connectivity index (χ1v) is 18.7. The minimum absolute atomic E-state index is 0.206. The van der Waals surface area contributed by atoms with E-state index in [4.69, 9.17) is 14.5 Å². The first-order valence-electron chi connectivity index (χ1n) is 14.8. The fraction of sp³-hybridized carbons (Fsp3) is 0.108. The van der Waals surface area contributed by atoms with Gasteiger partial charge in [-0.3, -0.25) is 9.36 Å². The highest BCUT2D eigenvalue weighted by Gasteiger charge is 2.35. The number of ether oxygens (including phenoxy) is 2. The van der Waals surface area contributed by atoms with Crippen molar-refractivity contribution < 1.29 is 14.3 Å². The van der Waals surface area contributed by atoms with E-state index in [2.05, 4.69) is 75.5 Å². The quantitative estimate of drug-likeness (QED) is 0.115. The Kier molecular flexibility index (Phi) is 9.44. The predicted octanol–water partition coefficient (Wildman–Crippen LogP) is 7.94. The number of hydrogen-bond acceptors (Lipinski definition) is 7. The molecule has 3 heterocycles. The van der Waals surface area contributed by atoms with Crippen LogP contribution in [0.15, 0.2) is 118 Å². The fourth-order valence-corrected chi connectivity index (χ4v) is 9.63. The van der Waals surface area contributed by atoms with Gasteiger partial charge in [0.05, 0.1) is 29.5 Å². The van der Waals surface area contributed by atoms with Crippen LogP contribution in [0, 0.1) is 7.14 Å². The summed E-state index contributed by atoms with van der Waals surface area (Å²) in [7, 11) is 0. The first-order chi connectivity index (χ1) is 22.9. The summed E-state index contributed by atoms with van der Waals surface area (Å²) in [6, 6.07) is 31.4. The predicted molar refractivity (Wildman–Crippen MR) is 206 cm³/mol. The van der Waals surface area contributed by atoms with Crippen molar-refractivity contribution in [2.75, 3.05) is 6.61 Å². The summed E-state index contributed by atoms with van der Waals surface area (Å²) in [6.45, 7) is 2.43. The van der Waals surface area contributed by atoms with E-state index >= 15 is 0 Å². The number of fused-ring (bicyclic) bond motifs is 2. The number of rotatable bonds is 8. The van der Waals surface area contributed by atoms with Gasteiger partial charge in [-0.05, 0) is 104 Å². The van der Waals surface area contributed by atoms with E-state index < -0.39 is 12.0 Å². The third-order valence-electron chi connectivity index (χ3n) is 7.76. The number of aromatic nitrogens is 1. The van der Waals surface area contributed by atoms with Gasteiger partial charge in [0, 0.05) is 10.4 Å². The van der Waals surface area contributed by atoms with Gasteiger partial charge in [-0.2, -0.15) is 0 Å². The Morgan fingerprint density at radius 1 is 0.957 bits per heavy atom. The number of thiophene rings is 1. The monoisotopic (exact) mass is 880 g/mol. The summed E-state index contributed by atoms with van der Waals surface area (Å²) in [4.78, 5) is 34.1. The van der Waals surface area contributed by atoms with E-state index in [0.29, 0.717) is 27.2 Å². The second-order valence-corrected chi connectivity index (χ2v) is 15.0. The Labute approximate surface area is 306 Å². The number of nitrogens with zero attached hydrogens (tertiary/aromatic N) is 2. The second-order valence-electron chi connectivity index (χ2n) is 10.7. The molecule has 1 atom stereocenters. The van der Waals surface area contributed by atoms with Crippen LogP contribution in [0.3, 0.4) is 0 Å². The molecule has 0 unspecified atom stereocenters. The Bertz CT molecular complexity index is 2320. The molecule has 6 aromatic rings. The Hall–Kier alpha value is -3.59. The molecule has 234 valence electrons. The zero-order chi connectivity index (χ0) is 32.5. The van der Waals surface area contributed by atoms with E-state index in [-0.39, 0.29) is 12.2 Å². The van der Waals surface area contributed by atoms with E-state index in [1.54, 1.807) is 11.5 Å². The topological polar surface area (TPSA) is 69.9 Å². The summed E-state index contributed by atoms with van der Waals surface area (Å²) in [5.74, 6) is 0.327.